The van der Waals surface area contributed by atoms with Crippen LogP contribution in [0.25, 0.3) is 0 Å². The molecule has 0 aromatic heterocycles. The minimum atomic E-state index is 0.0855. The number of carbonyl (C=O) groups is 1. The van der Waals surface area contributed by atoms with Crippen molar-refractivity contribution in [3.05, 3.63) is 24.3 Å². The molecule has 1 fully saturated rings. The molecule has 0 saturated heterocycles. The molecule has 4 nitrogen and oxygen atoms in total. The highest BCUT2D eigenvalue weighted by molar-refractivity contribution is 5.76. The average molecular weight is 262 g/mol. The third kappa shape index (κ3) is 4.81. The summed E-state index contributed by atoms with van der Waals surface area (Å²) >= 11 is 0. The number of nitrogens with two attached hydrogens (primary N) is 1. The van der Waals surface area contributed by atoms with Crippen molar-refractivity contribution in [2.24, 2.45) is 0 Å². The second kappa shape index (κ2) is 7.02. The van der Waals surface area contributed by atoms with Crippen LogP contribution < -0.4 is 15.8 Å². The predicted octanol–water partition coefficient (Wildman–Crippen LogP) is 2.49. The van der Waals surface area contributed by atoms with Gasteiger partial charge >= 0.3 is 0 Å². The first-order valence-electron chi connectivity index (χ1n) is 7.02. The zero-order valence-electron chi connectivity index (χ0n) is 11.2. The van der Waals surface area contributed by atoms with Crippen molar-refractivity contribution in [2.75, 3.05) is 12.3 Å². The average Bonchev–Trinajstić information content (AvgIpc) is 2.42. The van der Waals surface area contributed by atoms with E-state index in [1.54, 1.807) is 12.1 Å². The van der Waals surface area contributed by atoms with E-state index in [0.717, 1.165) is 18.6 Å². The van der Waals surface area contributed by atoms with E-state index in [9.17, 15) is 4.79 Å². The van der Waals surface area contributed by atoms with Crippen molar-refractivity contribution in [3.8, 4) is 5.75 Å². The molecule has 2 rings (SSSR count). The molecule has 1 aliphatic rings. The Morgan fingerprint density at radius 1 is 1.21 bits per heavy atom. The molecular weight excluding hydrogens is 240 g/mol. The summed E-state index contributed by atoms with van der Waals surface area (Å²) in [4.78, 5) is 11.7. The largest absolute Gasteiger partial charge is 0.493 e. The highest BCUT2D eigenvalue weighted by Crippen LogP contribution is 2.17. The van der Waals surface area contributed by atoms with E-state index in [1.165, 1.54) is 19.3 Å². The van der Waals surface area contributed by atoms with Crippen molar-refractivity contribution < 1.29 is 9.53 Å². The van der Waals surface area contributed by atoms with Crippen LogP contribution in [-0.4, -0.2) is 18.6 Å². The maximum atomic E-state index is 11.7. The fourth-order valence-electron chi connectivity index (χ4n) is 2.37. The molecule has 1 aromatic rings. The molecule has 1 aromatic carbocycles. The van der Waals surface area contributed by atoms with Gasteiger partial charge < -0.3 is 15.8 Å². The Balaban J connectivity index is 1.64. The Hall–Kier alpha value is -1.71. The first kappa shape index (κ1) is 13.7. The van der Waals surface area contributed by atoms with Gasteiger partial charge in [0.25, 0.3) is 0 Å². The molecule has 4 heteroatoms. The van der Waals surface area contributed by atoms with E-state index >= 15 is 0 Å². The van der Waals surface area contributed by atoms with Gasteiger partial charge in [0.05, 0.1) is 13.0 Å². The molecule has 1 amide bonds. The molecular formula is C15H22N2O2. The molecule has 0 radical (unpaired) electrons. The van der Waals surface area contributed by atoms with Crippen LogP contribution in [0.1, 0.15) is 38.5 Å². The van der Waals surface area contributed by atoms with Gasteiger partial charge in [0.15, 0.2) is 0 Å². The summed E-state index contributed by atoms with van der Waals surface area (Å²) in [5.74, 6) is 0.835. The minimum Gasteiger partial charge on any atom is -0.493 e. The van der Waals surface area contributed by atoms with Crippen LogP contribution in [-0.2, 0) is 4.79 Å². The van der Waals surface area contributed by atoms with Crippen molar-refractivity contribution >= 4 is 11.6 Å². The van der Waals surface area contributed by atoms with Gasteiger partial charge in [0.1, 0.15) is 5.75 Å². The van der Waals surface area contributed by atoms with Crippen LogP contribution in [0.3, 0.4) is 0 Å². The number of benzene rings is 1. The van der Waals surface area contributed by atoms with E-state index in [4.69, 9.17) is 10.5 Å². The summed E-state index contributed by atoms with van der Waals surface area (Å²) in [5.41, 5.74) is 6.30. The number of ether oxygens (including phenoxy) is 1. The number of amides is 1. The molecule has 3 N–H and O–H groups in total. The SMILES string of the molecule is Nc1ccc(OCCC(=O)NC2CCCCC2)cc1. The van der Waals surface area contributed by atoms with Crippen LogP contribution in [0.2, 0.25) is 0 Å². The lowest BCUT2D eigenvalue weighted by Crippen LogP contribution is -2.36. The summed E-state index contributed by atoms with van der Waals surface area (Å²) in [5, 5.41) is 3.08. The lowest BCUT2D eigenvalue weighted by atomic mass is 9.95. The van der Waals surface area contributed by atoms with Gasteiger partial charge in [-0.3, -0.25) is 4.79 Å². The van der Waals surface area contributed by atoms with E-state index in [-0.39, 0.29) is 5.91 Å². The maximum Gasteiger partial charge on any atom is 0.223 e. The number of anilines is 1. The van der Waals surface area contributed by atoms with Gasteiger partial charge in [-0.1, -0.05) is 19.3 Å². The van der Waals surface area contributed by atoms with Gasteiger partial charge in [-0.15, -0.1) is 0 Å². The number of rotatable bonds is 5. The third-order valence-electron chi connectivity index (χ3n) is 3.45. The zero-order chi connectivity index (χ0) is 13.5. The fraction of sp³-hybridized carbons (Fsp3) is 0.533. The van der Waals surface area contributed by atoms with E-state index in [1.807, 2.05) is 12.1 Å². The van der Waals surface area contributed by atoms with Crippen LogP contribution in [0.15, 0.2) is 24.3 Å². The number of nitrogen functional groups attached to an aromatic ring is 1. The molecule has 0 heterocycles. The van der Waals surface area contributed by atoms with Crippen molar-refractivity contribution in [1.82, 2.24) is 5.32 Å². The number of hydrogen-bond donors (Lipinski definition) is 2. The van der Waals surface area contributed by atoms with Crippen molar-refractivity contribution in [3.63, 3.8) is 0 Å². The van der Waals surface area contributed by atoms with Crippen molar-refractivity contribution in [1.29, 1.82) is 0 Å². The van der Waals surface area contributed by atoms with Gasteiger partial charge in [-0.05, 0) is 37.1 Å². The highest BCUT2D eigenvalue weighted by atomic mass is 16.5. The number of carbonyl (C=O) groups excluding carboxylic acids is 1. The van der Waals surface area contributed by atoms with Crippen LogP contribution >= 0.6 is 0 Å². The Morgan fingerprint density at radius 2 is 1.89 bits per heavy atom. The van der Waals surface area contributed by atoms with Gasteiger partial charge in [0.2, 0.25) is 5.91 Å². The van der Waals surface area contributed by atoms with Crippen LogP contribution in [0.4, 0.5) is 5.69 Å². The highest BCUT2D eigenvalue weighted by Gasteiger charge is 2.15. The summed E-state index contributed by atoms with van der Waals surface area (Å²) in [6.07, 6.45) is 6.39. The second-order valence-electron chi connectivity index (χ2n) is 5.07. The molecule has 0 aliphatic heterocycles. The fourth-order valence-corrected chi connectivity index (χ4v) is 2.37. The summed E-state index contributed by atoms with van der Waals surface area (Å²) in [6, 6.07) is 7.58. The van der Waals surface area contributed by atoms with Crippen molar-refractivity contribution in [2.45, 2.75) is 44.6 Å². The van der Waals surface area contributed by atoms with Gasteiger partial charge in [-0.25, -0.2) is 0 Å². The smallest absolute Gasteiger partial charge is 0.223 e. The topological polar surface area (TPSA) is 64.3 Å². The van der Waals surface area contributed by atoms with Gasteiger partial charge in [0, 0.05) is 11.7 Å². The molecule has 0 unspecified atom stereocenters. The number of hydrogen-bond acceptors (Lipinski definition) is 3. The molecule has 104 valence electrons. The lowest BCUT2D eigenvalue weighted by molar-refractivity contribution is -0.122. The normalized spacial score (nSPS) is 16.0. The minimum absolute atomic E-state index is 0.0855. The maximum absolute atomic E-state index is 11.7. The lowest BCUT2D eigenvalue weighted by Gasteiger charge is -2.22. The quantitative estimate of drug-likeness (QED) is 0.801. The van der Waals surface area contributed by atoms with E-state index in [0.29, 0.717) is 24.8 Å². The number of nitrogens with one attached hydrogen (secondary N) is 1. The molecule has 1 saturated carbocycles. The molecule has 0 spiro atoms. The molecule has 19 heavy (non-hydrogen) atoms. The Morgan fingerprint density at radius 3 is 2.58 bits per heavy atom. The summed E-state index contributed by atoms with van der Waals surface area (Å²) in [6.45, 7) is 0.405. The Bertz CT molecular complexity index is 397. The first-order chi connectivity index (χ1) is 9.24. The standard InChI is InChI=1S/C15H22N2O2/c16-12-6-8-14(9-7-12)19-11-10-15(18)17-13-4-2-1-3-5-13/h6-9,13H,1-5,10-11,16H2,(H,17,18). The monoisotopic (exact) mass is 262 g/mol. The summed E-state index contributed by atoms with van der Waals surface area (Å²) < 4.78 is 5.50. The molecule has 0 atom stereocenters. The second-order valence-corrected chi connectivity index (χ2v) is 5.07. The summed E-state index contributed by atoms with van der Waals surface area (Å²) in [7, 11) is 0. The predicted molar refractivity (Wildman–Crippen MR) is 76.0 cm³/mol. The Kier molecular flexibility index (Phi) is 5.07. The van der Waals surface area contributed by atoms with Crippen LogP contribution in [0.5, 0.6) is 5.75 Å². The van der Waals surface area contributed by atoms with Crippen LogP contribution in [0, 0.1) is 0 Å². The molecule has 1 aliphatic carbocycles. The zero-order valence-corrected chi connectivity index (χ0v) is 11.2. The third-order valence-corrected chi connectivity index (χ3v) is 3.45. The van der Waals surface area contributed by atoms with E-state index < -0.39 is 0 Å². The van der Waals surface area contributed by atoms with E-state index in [2.05, 4.69) is 5.32 Å². The molecule has 0 bridgehead atoms. The Labute approximate surface area is 114 Å². The first-order valence-corrected chi connectivity index (χ1v) is 7.02. The van der Waals surface area contributed by atoms with Gasteiger partial charge in [-0.2, -0.15) is 0 Å².